The molecular formula is C27H31N. The van der Waals surface area contributed by atoms with Crippen LogP contribution in [0, 0.1) is 32.1 Å². The van der Waals surface area contributed by atoms with E-state index in [1.54, 1.807) is 0 Å². The van der Waals surface area contributed by atoms with Crippen molar-refractivity contribution in [3.63, 3.8) is 0 Å². The average Bonchev–Trinajstić information content (AvgIpc) is 2.62. The van der Waals surface area contributed by atoms with Crippen LogP contribution in [0.1, 0.15) is 48.6 Å². The van der Waals surface area contributed by atoms with Gasteiger partial charge in [0.2, 0.25) is 0 Å². The molecule has 144 valence electrons. The Balaban J connectivity index is 2.05. The Morgan fingerprint density at radius 2 is 1.57 bits per heavy atom. The molecule has 1 atom stereocenters. The van der Waals surface area contributed by atoms with E-state index in [1.807, 2.05) is 0 Å². The highest BCUT2D eigenvalue weighted by Gasteiger charge is 2.32. The Morgan fingerprint density at radius 3 is 2.21 bits per heavy atom. The third kappa shape index (κ3) is 2.94. The first-order valence-corrected chi connectivity index (χ1v) is 10.2. The fourth-order valence-corrected chi connectivity index (χ4v) is 4.74. The molecule has 2 aromatic carbocycles. The number of likely N-dealkylation sites (N-methyl/N-ethyl adjacent to an activating group) is 1. The molecule has 2 aliphatic rings. The number of rotatable bonds is 1. The maximum atomic E-state index is 2.46. The molecule has 0 N–H and O–H groups in total. The fourth-order valence-electron chi connectivity index (χ4n) is 4.74. The highest BCUT2D eigenvalue weighted by Crippen LogP contribution is 2.47. The van der Waals surface area contributed by atoms with E-state index in [-0.39, 0.29) is 5.41 Å². The first kappa shape index (κ1) is 18.8. The highest BCUT2D eigenvalue weighted by atomic mass is 15.1. The zero-order valence-electron chi connectivity index (χ0n) is 18.2. The summed E-state index contributed by atoms with van der Waals surface area (Å²) >= 11 is 0. The summed E-state index contributed by atoms with van der Waals surface area (Å²) in [5, 5.41) is 0. The van der Waals surface area contributed by atoms with E-state index in [4.69, 9.17) is 0 Å². The van der Waals surface area contributed by atoms with Crippen LogP contribution in [0.15, 0.2) is 65.9 Å². The summed E-state index contributed by atoms with van der Waals surface area (Å²) in [4.78, 5) is 2.37. The van der Waals surface area contributed by atoms with Gasteiger partial charge in [0.15, 0.2) is 0 Å². The van der Waals surface area contributed by atoms with E-state index < -0.39 is 0 Å². The van der Waals surface area contributed by atoms with Crippen LogP contribution >= 0.6 is 0 Å². The molecule has 1 heterocycles. The van der Waals surface area contributed by atoms with Gasteiger partial charge < -0.3 is 4.90 Å². The Hall–Kier alpha value is -2.54. The molecule has 1 aliphatic carbocycles. The number of para-hydroxylation sites is 1. The lowest BCUT2D eigenvalue weighted by molar-refractivity contribution is 0.341. The van der Waals surface area contributed by atoms with Crippen molar-refractivity contribution in [2.24, 2.45) is 11.3 Å². The predicted molar refractivity (Wildman–Crippen MR) is 122 cm³/mol. The lowest BCUT2D eigenvalue weighted by Crippen LogP contribution is -2.28. The third-order valence-electron chi connectivity index (χ3n) is 6.18. The Kier molecular flexibility index (Phi) is 4.38. The van der Waals surface area contributed by atoms with E-state index in [2.05, 4.69) is 108 Å². The monoisotopic (exact) mass is 369 g/mol. The van der Waals surface area contributed by atoms with Gasteiger partial charge in [0.25, 0.3) is 0 Å². The summed E-state index contributed by atoms with van der Waals surface area (Å²) in [5.74, 6) is 0.431. The average molecular weight is 370 g/mol. The minimum absolute atomic E-state index is 0.211. The molecule has 1 nitrogen and oxygen atoms in total. The van der Waals surface area contributed by atoms with Crippen LogP contribution in [0.3, 0.4) is 0 Å². The first-order valence-electron chi connectivity index (χ1n) is 10.2. The number of nitrogens with zero attached hydrogens (tertiary/aromatic N) is 1. The van der Waals surface area contributed by atoms with Crippen molar-refractivity contribution in [2.45, 2.75) is 41.5 Å². The van der Waals surface area contributed by atoms with Crippen LogP contribution in [0.4, 0.5) is 5.69 Å². The molecule has 0 saturated heterocycles. The van der Waals surface area contributed by atoms with Crippen LogP contribution in [0.5, 0.6) is 0 Å². The number of hydrogen-bond donors (Lipinski definition) is 0. The zero-order valence-corrected chi connectivity index (χ0v) is 18.2. The lowest BCUT2D eigenvalue weighted by Gasteiger charge is -2.38. The van der Waals surface area contributed by atoms with Crippen molar-refractivity contribution in [1.82, 2.24) is 0 Å². The number of fused-ring (bicyclic) bond motifs is 2. The summed E-state index contributed by atoms with van der Waals surface area (Å²) in [6.45, 7) is 13.6. The molecule has 2 aromatic rings. The van der Waals surface area contributed by atoms with Gasteiger partial charge >= 0.3 is 0 Å². The molecule has 4 rings (SSSR count). The number of aryl methyl sites for hydroxylation is 3. The molecule has 0 fully saturated rings. The van der Waals surface area contributed by atoms with Gasteiger partial charge in [-0.2, -0.15) is 0 Å². The van der Waals surface area contributed by atoms with Crippen LogP contribution in [-0.4, -0.2) is 7.05 Å². The van der Waals surface area contributed by atoms with Gasteiger partial charge in [-0.3, -0.25) is 0 Å². The van der Waals surface area contributed by atoms with E-state index in [0.717, 1.165) is 0 Å². The van der Waals surface area contributed by atoms with E-state index >= 15 is 0 Å². The van der Waals surface area contributed by atoms with Crippen molar-refractivity contribution < 1.29 is 0 Å². The smallest absolute Gasteiger partial charge is 0.0488 e. The Bertz CT molecular complexity index is 1020. The SMILES string of the molecule is Cc1cc(C)c(C2=C3C=CC(C(C)(C)C)C=C3N(C)c3ccccc32)c(C)c1. The van der Waals surface area contributed by atoms with Gasteiger partial charge in [-0.25, -0.2) is 0 Å². The highest BCUT2D eigenvalue weighted by molar-refractivity contribution is 5.97. The molecule has 0 radical (unpaired) electrons. The van der Waals surface area contributed by atoms with Crippen molar-refractivity contribution >= 4 is 11.3 Å². The summed E-state index contributed by atoms with van der Waals surface area (Å²) in [5.41, 5.74) is 12.3. The lowest BCUT2D eigenvalue weighted by atomic mass is 9.74. The van der Waals surface area contributed by atoms with Crippen LogP contribution in [0.25, 0.3) is 5.57 Å². The minimum Gasteiger partial charge on any atom is -0.344 e. The minimum atomic E-state index is 0.211. The molecule has 0 amide bonds. The first-order chi connectivity index (χ1) is 13.2. The Labute approximate surface area is 170 Å². The van der Waals surface area contributed by atoms with Crippen molar-refractivity contribution in [3.05, 3.63) is 93.7 Å². The van der Waals surface area contributed by atoms with Gasteiger partial charge in [-0.1, -0.05) is 74.9 Å². The summed E-state index contributed by atoms with van der Waals surface area (Å²) in [6.07, 6.45) is 7.22. The van der Waals surface area contributed by atoms with Crippen molar-refractivity contribution in [1.29, 1.82) is 0 Å². The van der Waals surface area contributed by atoms with Gasteiger partial charge in [0, 0.05) is 41.1 Å². The number of hydrogen-bond acceptors (Lipinski definition) is 1. The molecule has 0 saturated carbocycles. The number of anilines is 1. The molecule has 0 spiro atoms. The summed E-state index contributed by atoms with van der Waals surface area (Å²) in [7, 11) is 2.20. The van der Waals surface area contributed by atoms with Gasteiger partial charge in [0.1, 0.15) is 0 Å². The quantitative estimate of drug-likeness (QED) is 0.524. The maximum absolute atomic E-state index is 2.46. The second kappa shape index (κ2) is 6.51. The molecule has 0 aromatic heterocycles. The molecule has 28 heavy (non-hydrogen) atoms. The Morgan fingerprint density at radius 1 is 0.929 bits per heavy atom. The van der Waals surface area contributed by atoms with Gasteiger partial charge in [-0.15, -0.1) is 0 Å². The molecule has 1 unspecified atom stereocenters. The van der Waals surface area contributed by atoms with Crippen LogP contribution in [-0.2, 0) is 0 Å². The molecular weight excluding hydrogens is 338 g/mol. The van der Waals surface area contributed by atoms with E-state index in [0.29, 0.717) is 5.92 Å². The number of benzene rings is 2. The largest absolute Gasteiger partial charge is 0.344 e. The zero-order chi connectivity index (χ0) is 20.2. The topological polar surface area (TPSA) is 3.24 Å². The standard InChI is InChI=1S/C27H31N/c1-17-14-18(2)25(19(3)15-17)26-21-10-8-9-11-23(21)28(7)24-16-20(27(4,5)6)12-13-22(24)26/h8-16,20H,1-7H3. The fraction of sp³-hybridized carbons (Fsp3) is 0.333. The summed E-state index contributed by atoms with van der Waals surface area (Å²) < 4.78 is 0. The van der Waals surface area contributed by atoms with E-state index in [1.165, 1.54) is 50.3 Å². The second-order valence-corrected chi connectivity index (χ2v) is 9.44. The van der Waals surface area contributed by atoms with Crippen molar-refractivity contribution in [3.8, 4) is 0 Å². The van der Waals surface area contributed by atoms with Crippen LogP contribution in [0.2, 0.25) is 0 Å². The molecule has 0 bridgehead atoms. The maximum Gasteiger partial charge on any atom is 0.0488 e. The second-order valence-electron chi connectivity index (χ2n) is 9.44. The molecule has 1 aliphatic heterocycles. The van der Waals surface area contributed by atoms with Crippen LogP contribution < -0.4 is 4.90 Å². The van der Waals surface area contributed by atoms with E-state index in [9.17, 15) is 0 Å². The number of allylic oxidation sites excluding steroid dienone is 3. The predicted octanol–water partition coefficient (Wildman–Crippen LogP) is 6.98. The van der Waals surface area contributed by atoms with Gasteiger partial charge in [-0.05, 0) is 48.9 Å². The summed E-state index contributed by atoms with van der Waals surface area (Å²) in [6, 6.07) is 13.4. The third-order valence-corrected chi connectivity index (χ3v) is 6.18. The molecule has 1 heteroatoms. The van der Waals surface area contributed by atoms with Crippen molar-refractivity contribution in [2.75, 3.05) is 11.9 Å². The van der Waals surface area contributed by atoms with Gasteiger partial charge in [0.05, 0.1) is 0 Å². The normalized spacial score (nSPS) is 18.8.